The van der Waals surface area contributed by atoms with E-state index in [2.05, 4.69) is 76.3 Å². The molecular weight excluding hydrogens is 346 g/mol. The number of para-hydroxylation sites is 1. The number of hydrogen-bond donors (Lipinski definition) is 1. The third-order valence-corrected chi connectivity index (χ3v) is 6.02. The topological polar surface area (TPSA) is 35.6 Å². The van der Waals surface area contributed by atoms with Crippen molar-refractivity contribution < 1.29 is 4.79 Å². The molecule has 0 bridgehead atoms. The maximum Gasteiger partial charge on any atom is 0.225 e. The summed E-state index contributed by atoms with van der Waals surface area (Å²) in [5.41, 5.74) is 3.97. The van der Waals surface area contributed by atoms with Crippen molar-refractivity contribution in [3.8, 4) is 0 Å². The minimum Gasteiger partial charge on any atom is -0.365 e. The van der Waals surface area contributed by atoms with Crippen LogP contribution in [0.3, 0.4) is 0 Å². The van der Waals surface area contributed by atoms with Crippen LogP contribution in [0, 0.1) is 5.92 Å². The van der Waals surface area contributed by atoms with Gasteiger partial charge in [0, 0.05) is 38.4 Å². The van der Waals surface area contributed by atoms with Crippen LogP contribution < -0.4 is 10.2 Å². The van der Waals surface area contributed by atoms with E-state index in [9.17, 15) is 4.79 Å². The Labute approximate surface area is 167 Å². The molecule has 2 aromatic carbocycles. The minimum atomic E-state index is -0.0191. The fraction of sp³-hybridized carbons (Fsp3) is 0.375. The first-order valence-corrected chi connectivity index (χ1v) is 10.3. The van der Waals surface area contributed by atoms with Gasteiger partial charge in [-0.05, 0) is 30.0 Å². The third kappa shape index (κ3) is 3.97. The van der Waals surface area contributed by atoms with Gasteiger partial charge in [0.15, 0.2) is 0 Å². The SMILES string of the molecule is C=CCNC(=O)C1Cc2ccccc2N2CCN(CCc3ccccc3)CC12. The lowest BCUT2D eigenvalue weighted by atomic mass is 9.83. The Morgan fingerprint density at radius 3 is 2.71 bits per heavy atom. The van der Waals surface area contributed by atoms with Crippen molar-refractivity contribution in [1.29, 1.82) is 0 Å². The van der Waals surface area contributed by atoms with E-state index in [0.29, 0.717) is 6.54 Å². The molecule has 0 aliphatic carbocycles. The average molecular weight is 376 g/mol. The Balaban J connectivity index is 1.50. The summed E-state index contributed by atoms with van der Waals surface area (Å²) < 4.78 is 0. The van der Waals surface area contributed by atoms with E-state index in [4.69, 9.17) is 0 Å². The molecular formula is C24H29N3O. The molecule has 146 valence electrons. The van der Waals surface area contributed by atoms with Gasteiger partial charge in [-0.2, -0.15) is 0 Å². The van der Waals surface area contributed by atoms with E-state index in [1.165, 1.54) is 16.8 Å². The Hall–Kier alpha value is -2.59. The lowest BCUT2D eigenvalue weighted by Crippen LogP contribution is -2.61. The molecule has 2 heterocycles. The first-order chi connectivity index (χ1) is 13.8. The molecule has 2 atom stereocenters. The molecule has 0 saturated carbocycles. The number of hydrogen-bond acceptors (Lipinski definition) is 3. The van der Waals surface area contributed by atoms with Gasteiger partial charge in [0.1, 0.15) is 0 Å². The second kappa shape index (κ2) is 8.61. The van der Waals surface area contributed by atoms with Crippen LogP contribution >= 0.6 is 0 Å². The van der Waals surface area contributed by atoms with Crippen molar-refractivity contribution in [3.63, 3.8) is 0 Å². The summed E-state index contributed by atoms with van der Waals surface area (Å²) in [7, 11) is 0. The fourth-order valence-corrected chi connectivity index (χ4v) is 4.56. The Bertz CT molecular complexity index is 820. The minimum absolute atomic E-state index is 0.0191. The fourth-order valence-electron chi connectivity index (χ4n) is 4.56. The molecule has 2 unspecified atom stereocenters. The second-order valence-electron chi connectivity index (χ2n) is 7.77. The van der Waals surface area contributed by atoms with E-state index in [0.717, 1.165) is 39.0 Å². The predicted octanol–water partition coefficient (Wildman–Crippen LogP) is 2.89. The van der Waals surface area contributed by atoms with Gasteiger partial charge in [-0.15, -0.1) is 6.58 Å². The number of amides is 1. The molecule has 4 heteroatoms. The number of nitrogens with zero attached hydrogens (tertiary/aromatic N) is 2. The summed E-state index contributed by atoms with van der Waals surface area (Å²) in [4.78, 5) is 17.9. The largest absolute Gasteiger partial charge is 0.365 e. The number of carbonyl (C=O) groups excluding carboxylic acids is 1. The van der Waals surface area contributed by atoms with Gasteiger partial charge >= 0.3 is 0 Å². The molecule has 1 saturated heterocycles. The standard InChI is InChI=1S/C24H29N3O/c1-2-13-25-24(28)21-17-20-10-6-7-11-22(20)27-16-15-26(18-23(21)27)14-12-19-8-4-3-5-9-19/h2-11,21,23H,1,12-18H2,(H,25,28). The van der Waals surface area contributed by atoms with E-state index in [-0.39, 0.29) is 17.9 Å². The molecule has 0 spiro atoms. The highest BCUT2D eigenvalue weighted by atomic mass is 16.1. The number of rotatable bonds is 6. The van der Waals surface area contributed by atoms with Gasteiger partial charge in [-0.25, -0.2) is 0 Å². The van der Waals surface area contributed by atoms with Crippen LogP contribution in [-0.4, -0.2) is 49.6 Å². The highest BCUT2D eigenvalue weighted by Gasteiger charge is 2.41. The molecule has 2 aliphatic rings. The third-order valence-electron chi connectivity index (χ3n) is 6.02. The Morgan fingerprint density at radius 1 is 1.11 bits per heavy atom. The monoisotopic (exact) mass is 375 g/mol. The van der Waals surface area contributed by atoms with E-state index >= 15 is 0 Å². The van der Waals surface area contributed by atoms with Crippen molar-refractivity contribution in [2.45, 2.75) is 18.9 Å². The number of piperazine rings is 1. The highest BCUT2D eigenvalue weighted by molar-refractivity contribution is 5.82. The lowest BCUT2D eigenvalue weighted by Gasteiger charge is -2.49. The lowest BCUT2D eigenvalue weighted by molar-refractivity contribution is -0.126. The van der Waals surface area contributed by atoms with Crippen molar-refractivity contribution >= 4 is 11.6 Å². The number of carbonyl (C=O) groups is 1. The quantitative estimate of drug-likeness (QED) is 0.789. The van der Waals surface area contributed by atoms with Crippen molar-refractivity contribution in [2.24, 2.45) is 5.92 Å². The Kier molecular flexibility index (Phi) is 5.77. The molecule has 2 aliphatic heterocycles. The van der Waals surface area contributed by atoms with E-state index < -0.39 is 0 Å². The summed E-state index contributed by atoms with van der Waals surface area (Å²) >= 11 is 0. The second-order valence-corrected chi connectivity index (χ2v) is 7.77. The first-order valence-electron chi connectivity index (χ1n) is 10.3. The highest BCUT2D eigenvalue weighted by Crippen LogP contribution is 2.35. The van der Waals surface area contributed by atoms with Gasteiger partial charge in [0.05, 0.1) is 12.0 Å². The van der Waals surface area contributed by atoms with Crippen LogP contribution in [0.4, 0.5) is 5.69 Å². The molecule has 1 amide bonds. The average Bonchev–Trinajstić information content (AvgIpc) is 2.76. The van der Waals surface area contributed by atoms with Crippen LogP contribution in [-0.2, 0) is 17.6 Å². The summed E-state index contributed by atoms with van der Waals surface area (Å²) in [6, 6.07) is 19.4. The van der Waals surface area contributed by atoms with Gasteiger partial charge < -0.3 is 10.2 Å². The van der Waals surface area contributed by atoms with Gasteiger partial charge in [-0.3, -0.25) is 9.69 Å². The van der Waals surface area contributed by atoms with Crippen LogP contribution in [0.2, 0.25) is 0 Å². The molecule has 4 nitrogen and oxygen atoms in total. The van der Waals surface area contributed by atoms with Crippen LogP contribution in [0.1, 0.15) is 11.1 Å². The molecule has 0 radical (unpaired) electrons. The van der Waals surface area contributed by atoms with Gasteiger partial charge in [-0.1, -0.05) is 54.6 Å². The van der Waals surface area contributed by atoms with Crippen molar-refractivity contribution in [1.82, 2.24) is 10.2 Å². The maximum absolute atomic E-state index is 12.9. The molecule has 0 aromatic heterocycles. The van der Waals surface area contributed by atoms with Crippen LogP contribution in [0.25, 0.3) is 0 Å². The van der Waals surface area contributed by atoms with Crippen LogP contribution in [0.5, 0.6) is 0 Å². The van der Waals surface area contributed by atoms with E-state index in [1.54, 1.807) is 6.08 Å². The van der Waals surface area contributed by atoms with Crippen molar-refractivity contribution in [2.75, 3.05) is 37.6 Å². The van der Waals surface area contributed by atoms with E-state index in [1.807, 2.05) is 0 Å². The smallest absolute Gasteiger partial charge is 0.225 e. The number of nitrogens with one attached hydrogen (secondary N) is 1. The number of fused-ring (bicyclic) bond motifs is 3. The summed E-state index contributed by atoms with van der Waals surface area (Å²) in [5.74, 6) is 0.128. The molecule has 28 heavy (non-hydrogen) atoms. The zero-order chi connectivity index (χ0) is 19.3. The molecule has 4 rings (SSSR count). The zero-order valence-corrected chi connectivity index (χ0v) is 16.4. The number of benzene rings is 2. The normalized spacial score (nSPS) is 21.5. The summed E-state index contributed by atoms with van der Waals surface area (Å²) in [6.45, 7) is 8.25. The first kappa shape index (κ1) is 18.8. The Morgan fingerprint density at radius 2 is 1.89 bits per heavy atom. The van der Waals surface area contributed by atoms with Gasteiger partial charge in [0.25, 0.3) is 0 Å². The maximum atomic E-state index is 12.9. The summed E-state index contributed by atoms with van der Waals surface area (Å²) in [6.07, 6.45) is 3.61. The molecule has 1 N–H and O–H groups in total. The zero-order valence-electron chi connectivity index (χ0n) is 16.4. The summed E-state index contributed by atoms with van der Waals surface area (Å²) in [5, 5.41) is 3.04. The van der Waals surface area contributed by atoms with Gasteiger partial charge in [0.2, 0.25) is 5.91 Å². The van der Waals surface area contributed by atoms with Crippen molar-refractivity contribution in [3.05, 3.63) is 78.4 Å². The molecule has 1 fully saturated rings. The van der Waals surface area contributed by atoms with Crippen LogP contribution in [0.15, 0.2) is 67.3 Å². The predicted molar refractivity (Wildman–Crippen MR) is 115 cm³/mol. The molecule has 2 aromatic rings. The number of anilines is 1.